The first-order chi connectivity index (χ1) is 8.08. The molecule has 5 nitrogen and oxygen atoms in total. The number of carbonyl (C=O) groups excluding carboxylic acids is 1. The molecule has 0 aliphatic carbocycles. The van der Waals surface area contributed by atoms with E-state index in [2.05, 4.69) is 4.98 Å². The molecule has 0 bridgehead atoms. The first-order valence-electron chi connectivity index (χ1n) is 5.13. The highest BCUT2D eigenvalue weighted by Gasteiger charge is 2.11. The van der Waals surface area contributed by atoms with Gasteiger partial charge in [-0.25, -0.2) is 4.98 Å². The molecule has 5 heteroatoms. The van der Waals surface area contributed by atoms with E-state index in [1.54, 1.807) is 35.2 Å². The Morgan fingerprint density at radius 1 is 1.47 bits per heavy atom. The van der Waals surface area contributed by atoms with Gasteiger partial charge in [-0.2, -0.15) is 0 Å². The molecule has 0 spiro atoms. The third kappa shape index (κ3) is 2.28. The molecule has 0 fully saturated rings. The van der Waals surface area contributed by atoms with Crippen molar-refractivity contribution < 1.29 is 9.53 Å². The Bertz CT molecular complexity index is 561. The highest BCUT2D eigenvalue weighted by Crippen LogP contribution is 2.26. The molecule has 0 saturated heterocycles. The van der Waals surface area contributed by atoms with Crippen LogP contribution >= 0.6 is 0 Å². The fourth-order valence-corrected chi connectivity index (χ4v) is 1.46. The molecule has 2 rings (SSSR count). The summed E-state index contributed by atoms with van der Waals surface area (Å²) in [6.45, 7) is 1.47. The third-order valence-corrected chi connectivity index (χ3v) is 2.36. The molecule has 1 aromatic heterocycles. The molecule has 0 unspecified atom stereocenters. The number of nitrogens with two attached hydrogens (primary N) is 1. The van der Waals surface area contributed by atoms with Crippen molar-refractivity contribution in [3.63, 3.8) is 0 Å². The number of hydrogen-bond donors (Lipinski definition) is 1. The van der Waals surface area contributed by atoms with Gasteiger partial charge in [0.15, 0.2) is 5.78 Å². The largest absolute Gasteiger partial charge is 0.425 e. The predicted molar refractivity (Wildman–Crippen MR) is 64.1 cm³/mol. The Balaban J connectivity index is 2.39. The number of aromatic nitrogens is 2. The fraction of sp³-hybridized carbons (Fsp3) is 0.167. The van der Waals surface area contributed by atoms with Gasteiger partial charge in [0.1, 0.15) is 5.75 Å². The average molecular weight is 231 g/mol. The maximum atomic E-state index is 11.5. The van der Waals surface area contributed by atoms with Crippen LogP contribution in [0.5, 0.6) is 11.8 Å². The minimum atomic E-state index is -0.0958. The Morgan fingerprint density at radius 2 is 2.24 bits per heavy atom. The second-order valence-corrected chi connectivity index (χ2v) is 3.73. The number of imidazole rings is 1. The van der Waals surface area contributed by atoms with Crippen LogP contribution in [0, 0.1) is 0 Å². The van der Waals surface area contributed by atoms with Crippen LogP contribution in [0.15, 0.2) is 30.6 Å². The zero-order valence-corrected chi connectivity index (χ0v) is 9.68. The summed E-state index contributed by atoms with van der Waals surface area (Å²) in [4.78, 5) is 15.5. The van der Waals surface area contributed by atoms with Crippen LogP contribution in [-0.4, -0.2) is 15.3 Å². The van der Waals surface area contributed by atoms with Gasteiger partial charge in [-0.05, 0) is 25.1 Å². The van der Waals surface area contributed by atoms with Crippen molar-refractivity contribution in [3.05, 3.63) is 36.2 Å². The monoisotopic (exact) mass is 231 g/mol. The van der Waals surface area contributed by atoms with Crippen molar-refractivity contribution in [2.45, 2.75) is 6.92 Å². The predicted octanol–water partition coefficient (Wildman–Crippen LogP) is 2.00. The molecule has 17 heavy (non-hydrogen) atoms. The molecular formula is C12H13N3O2. The Labute approximate surface area is 98.8 Å². The molecule has 88 valence electrons. The van der Waals surface area contributed by atoms with Gasteiger partial charge in [0.25, 0.3) is 0 Å². The highest BCUT2D eigenvalue weighted by atomic mass is 16.5. The molecule has 0 atom stereocenters. The van der Waals surface area contributed by atoms with Crippen molar-refractivity contribution in [2.75, 3.05) is 5.73 Å². The summed E-state index contributed by atoms with van der Waals surface area (Å²) in [6, 6.07) is 5.38. The van der Waals surface area contributed by atoms with Crippen LogP contribution in [0.25, 0.3) is 0 Å². The van der Waals surface area contributed by atoms with Crippen LogP contribution in [0.2, 0.25) is 0 Å². The summed E-state index contributed by atoms with van der Waals surface area (Å²) in [5.41, 5.74) is 6.62. The standard InChI is InChI=1S/C12H13N3O2/c1-8(16)10-7-9(13)3-4-11(10)17-12-14-5-6-15(12)2/h3-7H,13H2,1-2H3. The number of nitrogens with zero attached hydrogens (tertiary/aromatic N) is 2. The topological polar surface area (TPSA) is 70.1 Å². The normalized spacial score (nSPS) is 10.2. The number of benzene rings is 1. The lowest BCUT2D eigenvalue weighted by molar-refractivity contribution is 0.101. The van der Waals surface area contributed by atoms with E-state index >= 15 is 0 Å². The van der Waals surface area contributed by atoms with E-state index in [1.807, 2.05) is 7.05 Å². The summed E-state index contributed by atoms with van der Waals surface area (Å²) in [5, 5.41) is 0. The molecule has 0 saturated carbocycles. The summed E-state index contributed by atoms with van der Waals surface area (Å²) in [5.74, 6) is 0.363. The van der Waals surface area contributed by atoms with Gasteiger partial charge in [0.2, 0.25) is 0 Å². The maximum absolute atomic E-state index is 11.5. The number of nitrogen functional groups attached to an aromatic ring is 1. The Hall–Kier alpha value is -2.30. The van der Waals surface area contributed by atoms with E-state index in [4.69, 9.17) is 10.5 Å². The van der Waals surface area contributed by atoms with Crippen molar-refractivity contribution in [1.82, 2.24) is 9.55 Å². The molecule has 0 amide bonds. The Morgan fingerprint density at radius 3 is 2.82 bits per heavy atom. The summed E-state index contributed by atoms with van der Waals surface area (Å²) in [7, 11) is 1.81. The number of carbonyl (C=O) groups is 1. The molecular weight excluding hydrogens is 218 g/mol. The summed E-state index contributed by atoms with van der Waals surface area (Å²) >= 11 is 0. The number of anilines is 1. The second-order valence-electron chi connectivity index (χ2n) is 3.73. The third-order valence-electron chi connectivity index (χ3n) is 2.36. The molecule has 1 heterocycles. The first kappa shape index (κ1) is 11.2. The van der Waals surface area contributed by atoms with E-state index < -0.39 is 0 Å². The van der Waals surface area contributed by atoms with Gasteiger partial charge in [-0.1, -0.05) is 0 Å². The van der Waals surface area contributed by atoms with Crippen molar-refractivity contribution in [3.8, 4) is 11.8 Å². The van der Waals surface area contributed by atoms with Crippen molar-refractivity contribution in [1.29, 1.82) is 0 Å². The Kier molecular flexibility index (Phi) is 2.82. The lowest BCUT2D eigenvalue weighted by Crippen LogP contribution is -2.01. The average Bonchev–Trinajstić information content (AvgIpc) is 2.67. The van der Waals surface area contributed by atoms with Crippen molar-refractivity contribution in [2.24, 2.45) is 7.05 Å². The van der Waals surface area contributed by atoms with Crippen LogP contribution < -0.4 is 10.5 Å². The van der Waals surface area contributed by atoms with Crippen LogP contribution in [0.3, 0.4) is 0 Å². The zero-order valence-electron chi connectivity index (χ0n) is 9.68. The molecule has 0 aliphatic rings. The van der Waals surface area contributed by atoms with Gasteiger partial charge < -0.3 is 15.0 Å². The number of rotatable bonds is 3. The minimum Gasteiger partial charge on any atom is -0.425 e. The number of Topliss-reactive ketones (excluding diaryl/α,β-unsaturated/α-hetero) is 1. The van der Waals surface area contributed by atoms with Gasteiger partial charge in [0.05, 0.1) is 5.56 Å². The van der Waals surface area contributed by atoms with Crippen molar-refractivity contribution >= 4 is 11.5 Å². The molecule has 2 N–H and O–H groups in total. The van der Waals surface area contributed by atoms with E-state index in [9.17, 15) is 4.79 Å². The first-order valence-corrected chi connectivity index (χ1v) is 5.13. The fourth-order valence-electron chi connectivity index (χ4n) is 1.46. The van der Waals surface area contributed by atoms with Gasteiger partial charge >= 0.3 is 6.01 Å². The van der Waals surface area contributed by atoms with Crippen LogP contribution in [-0.2, 0) is 7.05 Å². The maximum Gasteiger partial charge on any atom is 0.301 e. The molecule has 0 aliphatic heterocycles. The van der Waals surface area contributed by atoms with Crippen LogP contribution in [0.4, 0.5) is 5.69 Å². The quantitative estimate of drug-likeness (QED) is 0.647. The molecule has 1 aromatic carbocycles. The van der Waals surface area contributed by atoms with Gasteiger partial charge in [0, 0.05) is 25.1 Å². The smallest absolute Gasteiger partial charge is 0.301 e. The number of hydrogen-bond acceptors (Lipinski definition) is 4. The number of ether oxygens (including phenoxy) is 1. The molecule has 0 radical (unpaired) electrons. The van der Waals surface area contributed by atoms with Crippen LogP contribution in [0.1, 0.15) is 17.3 Å². The van der Waals surface area contributed by atoms with E-state index in [0.717, 1.165) is 0 Å². The lowest BCUT2D eigenvalue weighted by Gasteiger charge is -2.09. The molecule has 2 aromatic rings. The summed E-state index contributed by atoms with van der Waals surface area (Å²) in [6.07, 6.45) is 3.39. The second kappa shape index (κ2) is 4.29. The van der Waals surface area contributed by atoms with E-state index in [0.29, 0.717) is 23.0 Å². The minimum absolute atomic E-state index is 0.0958. The van der Waals surface area contributed by atoms with Gasteiger partial charge in [-0.15, -0.1) is 0 Å². The lowest BCUT2D eigenvalue weighted by atomic mass is 10.1. The number of ketones is 1. The zero-order chi connectivity index (χ0) is 12.4. The SMILES string of the molecule is CC(=O)c1cc(N)ccc1Oc1nccn1C. The van der Waals surface area contributed by atoms with Gasteiger partial charge in [-0.3, -0.25) is 4.79 Å². The van der Waals surface area contributed by atoms with E-state index in [-0.39, 0.29) is 5.78 Å². The summed E-state index contributed by atoms with van der Waals surface area (Å²) < 4.78 is 7.29. The van der Waals surface area contributed by atoms with E-state index in [1.165, 1.54) is 6.92 Å². The highest BCUT2D eigenvalue weighted by molar-refractivity contribution is 5.97. The number of aryl methyl sites for hydroxylation is 1.